The standard InChI is InChI=1S/C34H26FN3O5S2/c1-2-42-24-17-15-21(16-18-24)30(39)28-29(22-10-8-13-26(19-22)43-25-11-4-3-5-12-25)38(32(41)31(28)40)33-36-37-34(45-33)44-20-23-9-6-7-14-27(23)35/h3-19,29,39H,2,20H2,1H3/b30-28-. The Morgan fingerprint density at radius 1 is 0.911 bits per heavy atom. The number of rotatable bonds is 10. The van der Waals surface area contributed by atoms with Gasteiger partial charge in [-0.05, 0) is 72.6 Å². The summed E-state index contributed by atoms with van der Waals surface area (Å²) in [6.07, 6.45) is 0. The quantitative estimate of drug-likeness (QED) is 0.0543. The van der Waals surface area contributed by atoms with Gasteiger partial charge in [-0.25, -0.2) is 4.39 Å². The second kappa shape index (κ2) is 13.3. The molecule has 0 saturated carbocycles. The molecule has 6 rings (SSSR count). The van der Waals surface area contributed by atoms with Crippen molar-refractivity contribution in [3.63, 3.8) is 0 Å². The van der Waals surface area contributed by atoms with E-state index in [-0.39, 0.29) is 22.3 Å². The summed E-state index contributed by atoms with van der Waals surface area (Å²) in [4.78, 5) is 28.5. The summed E-state index contributed by atoms with van der Waals surface area (Å²) >= 11 is 2.37. The van der Waals surface area contributed by atoms with Crippen LogP contribution in [0.1, 0.15) is 29.7 Å². The second-order valence-electron chi connectivity index (χ2n) is 9.84. The van der Waals surface area contributed by atoms with Gasteiger partial charge in [0.15, 0.2) is 4.34 Å². The minimum Gasteiger partial charge on any atom is -0.507 e. The molecule has 1 aliphatic heterocycles. The topological polar surface area (TPSA) is 102 Å². The van der Waals surface area contributed by atoms with Gasteiger partial charge in [-0.2, -0.15) is 0 Å². The highest BCUT2D eigenvalue weighted by molar-refractivity contribution is 8.00. The summed E-state index contributed by atoms with van der Waals surface area (Å²) < 4.78 is 26.2. The molecule has 0 aliphatic carbocycles. The molecule has 1 unspecified atom stereocenters. The lowest BCUT2D eigenvalue weighted by Crippen LogP contribution is -2.29. The monoisotopic (exact) mass is 639 g/mol. The van der Waals surface area contributed by atoms with Crippen LogP contribution in [0.2, 0.25) is 0 Å². The number of ether oxygens (including phenoxy) is 2. The Morgan fingerprint density at radius 3 is 2.40 bits per heavy atom. The summed E-state index contributed by atoms with van der Waals surface area (Å²) in [5.41, 5.74) is 1.27. The molecule has 1 fully saturated rings. The summed E-state index contributed by atoms with van der Waals surface area (Å²) in [5.74, 6) is -0.391. The molecule has 2 heterocycles. The Morgan fingerprint density at radius 2 is 1.64 bits per heavy atom. The van der Waals surface area contributed by atoms with Crippen molar-refractivity contribution in [2.24, 2.45) is 0 Å². The lowest BCUT2D eigenvalue weighted by molar-refractivity contribution is -0.132. The lowest BCUT2D eigenvalue weighted by Gasteiger charge is -2.23. The lowest BCUT2D eigenvalue weighted by atomic mass is 9.95. The Bertz CT molecular complexity index is 1880. The number of aliphatic hydroxyl groups excluding tert-OH is 1. The van der Waals surface area contributed by atoms with Crippen molar-refractivity contribution in [1.82, 2.24) is 10.2 Å². The molecular formula is C34H26FN3O5S2. The van der Waals surface area contributed by atoms with Gasteiger partial charge in [0.1, 0.15) is 28.8 Å². The van der Waals surface area contributed by atoms with E-state index in [2.05, 4.69) is 10.2 Å². The van der Waals surface area contributed by atoms with E-state index < -0.39 is 17.7 Å². The largest absolute Gasteiger partial charge is 0.507 e. The fraction of sp³-hybridized carbons (Fsp3) is 0.118. The Labute approximate surface area is 266 Å². The first kappa shape index (κ1) is 30.0. The first-order valence-electron chi connectivity index (χ1n) is 14.0. The van der Waals surface area contributed by atoms with Crippen LogP contribution in [0, 0.1) is 5.82 Å². The fourth-order valence-electron chi connectivity index (χ4n) is 4.86. The third kappa shape index (κ3) is 6.45. The molecule has 0 radical (unpaired) electrons. The molecule has 1 amide bonds. The number of carbonyl (C=O) groups is 2. The van der Waals surface area contributed by atoms with Crippen LogP contribution in [0.4, 0.5) is 9.52 Å². The number of anilines is 1. The Hall–Kier alpha value is -5.00. The maximum absolute atomic E-state index is 14.2. The van der Waals surface area contributed by atoms with Crippen LogP contribution >= 0.6 is 23.1 Å². The van der Waals surface area contributed by atoms with E-state index in [1.54, 1.807) is 66.7 Å². The molecule has 1 aliphatic rings. The third-order valence-corrected chi connectivity index (χ3v) is 9.05. The van der Waals surface area contributed by atoms with Gasteiger partial charge in [0, 0.05) is 11.3 Å². The van der Waals surface area contributed by atoms with Crippen molar-refractivity contribution in [3.05, 3.63) is 131 Å². The molecule has 8 nitrogen and oxygen atoms in total. The molecule has 4 aromatic carbocycles. The molecule has 5 aromatic rings. The number of carbonyl (C=O) groups excluding carboxylic acids is 2. The van der Waals surface area contributed by atoms with Crippen molar-refractivity contribution in [1.29, 1.82) is 0 Å². The molecule has 45 heavy (non-hydrogen) atoms. The molecule has 226 valence electrons. The number of thioether (sulfide) groups is 1. The average molecular weight is 640 g/mol. The van der Waals surface area contributed by atoms with E-state index in [4.69, 9.17) is 9.47 Å². The first-order valence-corrected chi connectivity index (χ1v) is 15.8. The molecule has 1 aromatic heterocycles. The molecule has 1 saturated heterocycles. The highest BCUT2D eigenvalue weighted by Gasteiger charge is 2.48. The van der Waals surface area contributed by atoms with Gasteiger partial charge in [0.05, 0.1) is 18.2 Å². The van der Waals surface area contributed by atoms with Gasteiger partial charge < -0.3 is 14.6 Å². The van der Waals surface area contributed by atoms with E-state index in [0.29, 0.717) is 50.6 Å². The maximum Gasteiger partial charge on any atom is 0.301 e. The minimum absolute atomic E-state index is 0.100. The highest BCUT2D eigenvalue weighted by atomic mass is 32.2. The number of ketones is 1. The SMILES string of the molecule is CCOc1ccc(/C(O)=C2/C(=O)C(=O)N(c3nnc(SCc4ccccc4F)s3)C2c2cccc(Oc3ccccc3)c2)cc1. The molecular weight excluding hydrogens is 614 g/mol. The average Bonchev–Trinajstić information content (AvgIpc) is 3.63. The van der Waals surface area contributed by atoms with Crippen molar-refractivity contribution >= 4 is 45.7 Å². The zero-order valence-electron chi connectivity index (χ0n) is 23.9. The van der Waals surface area contributed by atoms with E-state index >= 15 is 0 Å². The van der Waals surface area contributed by atoms with E-state index in [1.807, 2.05) is 37.3 Å². The number of Topliss-reactive ketones (excluding diaryl/α,β-unsaturated/α-hetero) is 1. The summed E-state index contributed by atoms with van der Waals surface area (Å²) in [6, 6.07) is 28.2. The van der Waals surface area contributed by atoms with Crippen LogP contribution < -0.4 is 14.4 Å². The zero-order valence-corrected chi connectivity index (χ0v) is 25.6. The number of aromatic nitrogens is 2. The predicted molar refractivity (Wildman–Crippen MR) is 171 cm³/mol. The molecule has 1 atom stereocenters. The number of amides is 1. The van der Waals surface area contributed by atoms with Crippen LogP contribution in [-0.2, 0) is 15.3 Å². The minimum atomic E-state index is -1.03. The van der Waals surface area contributed by atoms with Crippen LogP contribution in [-0.4, -0.2) is 33.6 Å². The smallest absolute Gasteiger partial charge is 0.301 e. The van der Waals surface area contributed by atoms with Gasteiger partial charge in [0.25, 0.3) is 5.78 Å². The predicted octanol–water partition coefficient (Wildman–Crippen LogP) is 7.79. The Balaban J connectivity index is 1.39. The number of hydrogen-bond acceptors (Lipinski definition) is 9. The Kier molecular flexibility index (Phi) is 8.90. The molecule has 1 N–H and O–H groups in total. The van der Waals surface area contributed by atoms with Crippen LogP contribution in [0.15, 0.2) is 113 Å². The zero-order chi connectivity index (χ0) is 31.3. The van der Waals surface area contributed by atoms with Gasteiger partial charge >= 0.3 is 5.91 Å². The molecule has 0 bridgehead atoms. The first-order chi connectivity index (χ1) is 21.9. The fourth-order valence-corrected chi connectivity index (χ4v) is 6.72. The molecule has 11 heteroatoms. The van der Waals surface area contributed by atoms with Crippen LogP contribution in [0.3, 0.4) is 0 Å². The van der Waals surface area contributed by atoms with E-state index in [0.717, 1.165) is 11.3 Å². The number of hydrogen-bond donors (Lipinski definition) is 1. The number of aliphatic hydroxyl groups is 1. The normalized spacial score (nSPS) is 15.8. The maximum atomic E-state index is 14.2. The van der Waals surface area contributed by atoms with Crippen LogP contribution in [0.5, 0.6) is 17.2 Å². The van der Waals surface area contributed by atoms with E-state index in [9.17, 15) is 19.1 Å². The second-order valence-corrected chi connectivity index (χ2v) is 12.0. The van der Waals surface area contributed by atoms with Crippen molar-refractivity contribution in [3.8, 4) is 17.2 Å². The van der Waals surface area contributed by atoms with Gasteiger partial charge in [-0.15, -0.1) is 10.2 Å². The van der Waals surface area contributed by atoms with Crippen molar-refractivity contribution < 1.29 is 28.6 Å². The van der Waals surface area contributed by atoms with Gasteiger partial charge in [-0.3, -0.25) is 14.5 Å². The van der Waals surface area contributed by atoms with Gasteiger partial charge in [-0.1, -0.05) is 71.6 Å². The summed E-state index contributed by atoms with van der Waals surface area (Å²) in [5, 5.41) is 20.1. The summed E-state index contributed by atoms with van der Waals surface area (Å²) in [7, 11) is 0. The number of nitrogens with zero attached hydrogens (tertiary/aromatic N) is 3. The highest BCUT2D eigenvalue weighted by Crippen LogP contribution is 2.45. The third-order valence-electron chi connectivity index (χ3n) is 6.95. The number of halogens is 1. The van der Waals surface area contributed by atoms with Crippen molar-refractivity contribution in [2.75, 3.05) is 11.5 Å². The van der Waals surface area contributed by atoms with Crippen LogP contribution in [0.25, 0.3) is 5.76 Å². The van der Waals surface area contributed by atoms with E-state index in [1.165, 1.54) is 22.7 Å². The van der Waals surface area contributed by atoms with Gasteiger partial charge in [0.2, 0.25) is 5.13 Å². The number of para-hydroxylation sites is 1. The summed E-state index contributed by atoms with van der Waals surface area (Å²) in [6.45, 7) is 2.34. The van der Waals surface area contributed by atoms with Crippen molar-refractivity contribution in [2.45, 2.75) is 23.1 Å². The number of benzene rings is 4. The molecule has 0 spiro atoms.